The predicted octanol–water partition coefficient (Wildman–Crippen LogP) is 1.96. The number of hydrazone groups is 1. The maximum absolute atomic E-state index is 12.1. The van der Waals surface area contributed by atoms with E-state index < -0.39 is 17.8 Å². The molecule has 0 aliphatic heterocycles. The van der Waals surface area contributed by atoms with Crippen LogP contribution in [0.25, 0.3) is 0 Å². The fourth-order valence-electron chi connectivity index (χ4n) is 2.11. The molecule has 0 saturated heterocycles. The summed E-state index contributed by atoms with van der Waals surface area (Å²) in [6.45, 7) is 0. The van der Waals surface area contributed by atoms with Gasteiger partial charge in [0.1, 0.15) is 11.7 Å². The fourth-order valence-corrected chi connectivity index (χ4v) is 2.11. The first-order valence-electron chi connectivity index (χ1n) is 7.27. The molecule has 7 nitrogen and oxygen atoms in total. The van der Waals surface area contributed by atoms with Crippen molar-refractivity contribution in [2.24, 2.45) is 5.10 Å². The van der Waals surface area contributed by atoms with Crippen LogP contribution in [0.4, 0.5) is 0 Å². The van der Waals surface area contributed by atoms with Gasteiger partial charge in [-0.3, -0.25) is 4.79 Å². The van der Waals surface area contributed by atoms with Gasteiger partial charge in [-0.05, 0) is 17.7 Å². The second kappa shape index (κ2) is 8.26. The summed E-state index contributed by atoms with van der Waals surface area (Å²) in [5.41, 5.74) is 2.44. The van der Waals surface area contributed by atoms with Crippen molar-refractivity contribution in [3.05, 3.63) is 65.7 Å². The molecular formula is C18H15N3O4. The molecule has 0 spiro atoms. The van der Waals surface area contributed by atoms with E-state index in [1.807, 2.05) is 6.07 Å². The number of esters is 1. The molecule has 2 N–H and O–H groups in total. The van der Waals surface area contributed by atoms with Crippen LogP contribution in [0, 0.1) is 11.3 Å². The van der Waals surface area contributed by atoms with Crippen molar-refractivity contribution in [3.63, 3.8) is 0 Å². The number of nitrogens with zero attached hydrogens (tertiary/aromatic N) is 2. The molecule has 0 saturated carbocycles. The van der Waals surface area contributed by atoms with Gasteiger partial charge in [0.15, 0.2) is 5.71 Å². The number of phenols is 1. The maximum atomic E-state index is 12.1. The van der Waals surface area contributed by atoms with Crippen molar-refractivity contribution in [2.75, 3.05) is 7.11 Å². The number of phenolic OH excluding ortho intramolecular Hbond substituents is 1. The molecule has 1 atom stereocenters. The van der Waals surface area contributed by atoms with Crippen LogP contribution in [-0.2, 0) is 9.53 Å². The Balaban J connectivity index is 2.33. The van der Waals surface area contributed by atoms with Crippen LogP contribution in [0.2, 0.25) is 0 Å². The molecule has 1 amide bonds. The van der Waals surface area contributed by atoms with Crippen molar-refractivity contribution in [1.82, 2.24) is 5.43 Å². The Morgan fingerprint density at radius 3 is 2.40 bits per heavy atom. The zero-order valence-electron chi connectivity index (χ0n) is 13.3. The van der Waals surface area contributed by atoms with Crippen molar-refractivity contribution < 1.29 is 19.4 Å². The minimum Gasteiger partial charge on any atom is -0.507 e. The number of para-hydroxylation sites is 1. The van der Waals surface area contributed by atoms with Crippen LogP contribution < -0.4 is 5.43 Å². The molecule has 2 aromatic rings. The van der Waals surface area contributed by atoms with Gasteiger partial charge >= 0.3 is 5.97 Å². The summed E-state index contributed by atoms with van der Waals surface area (Å²) in [7, 11) is 1.15. The Labute approximate surface area is 144 Å². The number of hydrogen-bond acceptors (Lipinski definition) is 6. The highest BCUT2D eigenvalue weighted by Gasteiger charge is 2.26. The van der Waals surface area contributed by atoms with Crippen LogP contribution in [0.3, 0.4) is 0 Å². The molecule has 0 aliphatic carbocycles. The number of nitrogens with one attached hydrogen (secondary N) is 1. The third kappa shape index (κ3) is 4.20. The smallest absolute Gasteiger partial charge is 0.355 e. The zero-order valence-corrected chi connectivity index (χ0v) is 13.3. The van der Waals surface area contributed by atoms with Gasteiger partial charge in [-0.25, -0.2) is 10.2 Å². The molecule has 25 heavy (non-hydrogen) atoms. The SMILES string of the molecule is COC(=O)/C(=N\NC(=O)c1ccccc1O)[C@H](C#N)c1ccccc1. The van der Waals surface area contributed by atoms with Crippen molar-refractivity contribution in [1.29, 1.82) is 5.26 Å². The molecule has 0 fully saturated rings. The third-order valence-corrected chi connectivity index (χ3v) is 3.36. The van der Waals surface area contributed by atoms with Gasteiger partial charge in [0.2, 0.25) is 0 Å². The van der Waals surface area contributed by atoms with E-state index in [1.165, 1.54) is 12.1 Å². The lowest BCUT2D eigenvalue weighted by atomic mass is 9.95. The molecule has 0 aliphatic rings. The van der Waals surface area contributed by atoms with E-state index in [1.54, 1.807) is 42.5 Å². The Morgan fingerprint density at radius 2 is 1.80 bits per heavy atom. The summed E-state index contributed by atoms with van der Waals surface area (Å²) < 4.78 is 4.66. The number of hydrogen-bond donors (Lipinski definition) is 2. The molecular weight excluding hydrogens is 322 g/mol. The average molecular weight is 337 g/mol. The highest BCUT2D eigenvalue weighted by molar-refractivity contribution is 6.39. The second-order valence-corrected chi connectivity index (χ2v) is 4.92. The lowest BCUT2D eigenvalue weighted by Crippen LogP contribution is -2.28. The van der Waals surface area contributed by atoms with Gasteiger partial charge in [0, 0.05) is 0 Å². The number of nitriles is 1. The highest BCUT2D eigenvalue weighted by atomic mass is 16.5. The fraction of sp³-hybridized carbons (Fsp3) is 0.111. The Morgan fingerprint density at radius 1 is 1.16 bits per heavy atom. The maximum Gasteiger partial charge on any atom is 0.355 e. The number of ether oxygens (including phenoxy) is 1. The summed E-state index contributed by atoms with van der Waals surface area (Å²) in [5.74, 6) is -2.80. The highest BCUT2D eigenvalue weighted by Crippen LogP contribution is 2.18. The molecule has 2 aromatic carbocycles. The summed E-state index contributed by atoms with van der Waals surface area (Å²) in [6.07, 6.45) is 0. The summed E-state index contributed by atoms with van der Waals surface area (Å²) in [5, 5.41) is 22.9. The Kier molecular flexibility index (Phi) is 5.85. The van der Waals surface area contributed by atoms with E-state index in [-0.39, 0.29) is 17.0 Å². The van der Waals surface area contributed by atoms with E-state index in [0.717, 1.165) is 7.11 Å². The van der Waals surface area contributed by atoms with Crippen LogP contribution >= 0.6 is 0 Å². The number of amides is 1. The largest absolute Gasteiger partial charge is 0.507 e. The first kappa shape index (κ1) is 17.7. The molecule has 0 aromatic heterocycles. The van der Waals surface area contributed by atoms with Crippen molar-refractivity contribution >= 4 is 17.6 Å². The van der Waals surface area contributed by atoms with Gasteiger partial charge in [0.25, 0.3) is 5.91 Å². The first-order valence-corrected chi connectivity index (χ1v) is 7.27. The molecule has 0 radical (unpaired) electrons. The molecule has 0 unspecified atom stereocenters. The van der Waals surface area contributed by atoms with Crippen molar-refractivity contribution in [3.8, 4) is 11.8 Å². The average Bonchev–Trinajstić information content (AvgIpc) is 2.65. The van der Waals surface area contributed by atoms with E-state index in [4.69, 9.17) is 0 Å². The predicted molar refractivity (Wildman–Crippen MR) is 89.8 cm³/mol. The number of rotatable bonds is 5. The summed E-state index contributed by atoms with van der Waals surface area (Å²) in [4.78, 5) is 24.1. The van der Waals surface area contributed by atoms with E-state index in [9.17, 15) is 20.0 Å². The van der Waals surface area contributed by atoms with Crippen LogP contribution in [0.15, 0.2) is 59.7 Å². The number of aromatic hydroxyl groups is 1. The Hall–Kier alpha value is -3.66. The van der Waals surface area contributed by atoms with Gasteiger partial charge in [0.05, 0.1) is 18.7 Å². The van der Waals surface area contributed by atoms with E-state index in [2.05, 4.69) is 15.3 Å². The minimum atomic E-state index is -1.02. The number of benzene rings is 2. The zero-order chi connectivity index (χ0) is 18.2. The van der Waals surface area contributed by atoms with Gasteiger partial charge in [-0.15, -0.1) is 0 Å². The van der Waals surface area contributed by atoms with Crippen LogP contribution in [0.5, 0.6) is 5.75 Å². The number of carbonyl (C=O) groups excluding carboxylic acids is 2. The quantitative estimate of drug-likeness (QED) is 0.492. The van der Waals surface area contributed by atoms with E-state index in [0.29, 0.717) is 5.56 Å². The van der Waals surface area contributed by atoms with Gasteiger partial charge < -0.3 is 9.84 Å². The molecule has 2 rings (SSSR count). The Bertz CT molecular complexity index is 841. The third-order valence-electron chi connectivity index (χ3n) is 3.36. The lowest BCUT2D eigenvalue weighted by molar-refractivity contribution is -0.132. The summed E-state index contributed by atoms with van der Waals surface area (Å²) >= 11 is 0. The number of methoxy groups -OCH3 is 1. The van der Waals surface area contributed by atoms with E-state index >= 15 is 0 Å². The molecule has 0 bridgehead atoms. The van der Waals surface area contributed by atoms with Gasteiger partial charge in [-0.2, -0.15) is 10.4 Å². The van der Waals surface area contributed by atoms with Gasteiger partial charge in [-0.1, -0.05) is 42.5 Å². The standard InChI is InChI=1S/C18H15N3O4/c1-25-18(24)16(14(11-19)12-7-3-2-4-8-12)20-21-17(23)13-9-5-6-10-15(13)22/h2-10,14,22H,1H3,(H,21,23)/b20-16-/t14-/m1/s1. The molecule has 126 valence electrons. The summed E-state index contributed by atoms with van der Waals surface area (Å²) in [6, 6.07) is 16.4. The second-order valence-electron chi connectivity index (χ2n) is 4.92. The molecule has 7 heteroatoms. The lowest BCUT2D eigenvalue weighted by Gasteiger charge is -2.11. The normalized spacial score (nSPS) is 11.9. The van der Waals surface area contributed by atoms with Crippen LogP contribution in [-0.4, -0.2) is 29.8 Å². The topological polar surface area (TPSA) is 112 Å². The minimum absolute atomic E-state index is 0.0105. The number of carbonyl (C=O) groups is 2. The first-order chi connectivity index (χ1) is 12.1. The molecule has 0 heterocycles. The van der Waals surface area contributed by atoms with Crippen LogP contribution in [0.1, 0.15) is 21.8 Å². The van der Waals surface area contributed by atoms with Crippen molar-refractivity contribution in [2.45, 2.75) is 5.92 Å². The monoisotopic (exact) mass is 337 g/mol.